The second-order valence-corrected chi connectivity index (χ2v) is 4.86. The maximum absolute atomic E-state index is 11.8. The van der Waals surface area contributed by atoms with Crippen LogP contribution in [-0.4, -0.2) is 22.2 Å². The molecule has 1 unspecified atom stereocenters. The van der Waals surface area contributed by atoms with Crippen LogP contribution in [0.1, 0.15) is 22.3 Å². The first-order valence-corrected chi connectivity index (χ1v) is 5.88. The molecule has 0 radical (unpaired) electrons. The summed E-state index contributed by atoms with van der Waals surface area (Å²) in [5.41, 5.74) is 0.977. The number of hydrogen-bond donors (Lipinski definition) is 1. The van der Waals surface area contributed by atoms with Crippen molar-refractivity contribution in [3.05, 3.63) is 33.3 Å². The monoisotopic (exact) mass is 294 g/mol. The molecule has 0 spiro atoms. The number of carboxylic acids is 1. The van der Waals surface area contributed by atoms with Crippen molar-refractivity contribution in [2.75, 3.05) is 0 Å². The zero-order valence-corrected chi connectivity index (χ0v) is 11.1. The van der Waals surface area contributed by atoms with Crippen molar-refractivity contribution in [3.63, 3.8) is 0 Å². The average Bonchev–Trinajstić information content (AvgIpc) is 2.22. The number of aryl methyl sites for hydroxylation is 1. The number of carbonyl (C=O) groups is 2. The van der Waals surface area contributed by atoms with Crippen molar-refractivity contribution < 1.29 is 14.7 Å². The van der Waals surface area contributed by atoms with Crippen LogP contribution in [0.4, 0.5) is 0 Å². The summed E-state index contributed by atoms with van der Waals surface area (Å²) in [5, 5.41) is 7.98. The highest BCUT2D eigenvalue weighted by molar-refractivity contribution is 6.42. The minimum atomic E-state index is -1.24. The largest absolute Gasteiger partial charge is 0.480 e. The lowest BCUT2D eigenvalue weighted by atomic mass is 10.0. The van der Waals surface area contributed by atoms with Gasteiger partial charge in [-0.2, -0.15) is 0 Å². The molecule has 0 saturated carbocycles. The molecule has 0 amide bonds. The zero-order chi connectivity index (χ0) is 13.2. The van der Waals surface area contributed by atoms with Crippen molar-refractivity contribution in [1.82, 2.24) is 0 Å². The van der Waals surface area contributed by atoms with Crippen LogP contribution in [0.3, 0.4) is 0 Å². The highest BCUT2D eigenvalue weighted by Crippen LogP contribution is 2.26. The van der Waals surface area contributed by atoms with Crippen molar-refractivity contribution in [3.8, 4) is 0 Å². The lowest BCUT2D eigenvalue weighted by Crippen LogP contribution is -2.18. The maximum atomic E-state index is 11.8. The molecule has 6 heteroatoms. The Kier molecular flexibility index (Phi) is 4.80. The van der Waals surface area contributed by atoms with E-state index in [1.54, 1.807) is 13.0 Å². The third-order valence-corrected chi connectivity index (χ3v) is 3.26. The number of ketones is 1. The van der Waals surface area contributed by atoms with E-state index in [9.17, 15) is 9.59 Å². The van der Waals surface area contributed by atoms with Gasteiger partial charge in [-0.15, -0.1) is 11.6 Å². The number of benzene rings is 1. The number of carbonyl (C=O) groups excluding carboxylic acids is 1. The standard InChI is InChI=1S/C11H9Cl3O3/c1-5-2-7(12)8(13)3-6(5)10(15)4-9(14)11(16)17/h2-3,9H,4H2,1H3,(H,16,17). The van der Waals surface area contributed by atoms with Crippen molar-refractivity contribution in [1.29, 1.82) is 0 Å². The van der Waals surface area contributed by atoms with Crippen LogP contribution in [0.5, 0.6) is 0 Å². The van der Waals surface area contributed by atoms with Gasteiger partial charge in [0.25, 0.3) is 0 Å². The quantitative estimate of drug-likeness (QED) is 0.682. The average molecular weight is 296 g/mol. The van der Waals surface area contributed by atoms with E-state index in [0.717, 1.165) is 0 Å². The molecule has 0 aliphatic rings. The molecule has 1 rings (SSSR count). The zero-order valence-electron chi connectivity index (χ0n) is 8.84. The van der Waals surface area contributed by atoms with E-state index in [2.05, 4.69) is 0 Å². The molecule has 17 heavy (non-hydrogen) atoms. The number of rotatable bonds is 4. The number of alkyl halides is 1. The first-order chi connectivity index (χ1) is 7.82. The number of carboxylic acid groups (broad SMARTS) is 1. The molecule has 0 heterocycles. The molecule has 1 atom stereocenters. The smallest absolute Gasteiger partial charge is 0.322 e. The molecule has 0 bridgehead atoms. The normalized spacial score (nSPS) is 12.2. The maximum Gasteiger partial charge on any atom is 0.322 e. The van der Waals surface area contributed by atoms with Gasteiger partial charge < -0.3 is 5.11 Å². The van der Waals surface area contributed by atoms with E-state index in [4.69, 9.17) is 39.9 Å². The van der Waals surface area contributed by atoms with E-state index in [1.165, 1.54) is 6.07 Å². The number of aliphatic carboxylic acids is 1. The third-order valence-electron chi connectivity index (χ3n) is 2.20. The molecular weight excluding hydrogens is 286 g/mol. The fourth-order valence-corrected chi connectivity index (χ4v) is 1.83. The number of Topliss-reactive ketones (excluding diaryl/α,β-unsaturated/α-hetero) is 1. The highest BCUT2D eigenvalue weighted by Gasteiger charge is 2.20. The lowest BCUT2D eigenvalue weighted by Gasteiger charge is -2.08. The van der Waals surface area contributed by atoms with E-state index >= 15 is 0 Å². The minimum absolute atomic E-state index is 0.252. The van der Waals surface area contributed by atoms with Crippen molar-refractivity contribution >= 4 is 46.6 Å². The molecule has 0 fully saturated rings. The van der Waals surface area contributed by atoms with Gasteiger partial charge in [0.05, 0.1) is 10.0 Å². The Labute approximate surface area is 113 Å². The van der Waals surface area contributed by atoms with Crippen LogP contribution in [0.2, 0.25) is 10.0 Å². The summed E-state index contributed by atoms with van der Waals surface area (Å²) in [6.45, 7) is 1.69. The summed E-state index contributed by atoms with van der Waals surface area (Å²) in [6.07, 6.45) is -0.282. The van der Waals surface area contributed by atoms with Gasteiger partial charge in [0.2, 0.25) is 0 Å². The lowest BCUT2D eigenvalue weighted by molar-refractivity contribution is -0.136. The summed E-state index contributed by atoms with van der Waals surface area (Å²) >= 11 is 17.1. The van der Waals surface area contributed by atoms with Crippen LogP contribution in [0, 0.1) is 6.92 Å². The molecule has 1 N–H and O–H groups in total. The van der Waals surface area contributed by atoms with Gasteiger partial charge in [-0.3, -0.25) is 9.59 Å². The second kappa shape index (κ2) is 5.71. The van der Waals surface area contributed by atoms with Gasteiger partial charge in [0, 0.05) is 12.0 Å². The second-order valence-electron chi connectivity index (χ2n) is 3.51. The Hall–Kier alpha value is -0.770. The minimum Gasteiger partial charge on any atom is -0.480 e. The van der Waals surface area contributed by atoms with Gasteiger partial charge in [-0.25, -0.2) is 0 Å². The van der Waals surface area contributed by atoms with Crippen LogP contribution in [-0.2, 0) is 4.79 Å². The van der Waals surface area contributed by atoms with Gasteiger partial charge in [-0.1, -0.05) is 23.2 Å². The Morgan fingerprint density at radius 3 is 2.35 bits per heavy atom. The van der Waals surface area contributed by atoms with Gasteiger partial charge >= 0.3 is 5.97 Å². The Morgan fingerprint density at radius 1 is 1.29 bits per heavy atom. The van der Waals surface area contributed by atoms with E-state index in [-0.39, 0.29) is 17.2 Å². The molecule has 1 aromatic rings. The van der Waals surface area contributed by atoms with Gasteiger partial charge in [0.1, 0.15) is 5.38 Å². The van der Waals surface area contributed by atoms with Crippen LogP contribution in [0.15, 0.2) is 12.1 Å². The van der Waals surface area contributed by atoms with E-state index < -0.39 is 11.3 Å². The summed E-state index contributed by atoms with van der Waals surface area (Å²) in [5.74, 6) is -1.60. The molecular formula is C11H9Cl3O3. The molecule has 3 nitrogen and oxygen atoms in total. The van der Waals surface area contributed by atoms with E-state index in [1.807, 2.05) is 0 Å². The highest BCUT2D eigenvalue weighted by atomic mass is 35.5. The summed E-state index contributed by atoms with van der Waals surface area (Å²) < 4.78 is 0. The number of hydrogen-bond acceptors (Lipinski definition) is 2. The fourth-order valence-electron chi connectivity index (χ4n) is 1.31. The molecule has 0 saturated heterocycles. The summed E-state index contributed by atoms with van der Waals surface area (Å²) in [6, 6.07) is 2.98. The topological polar surface area (TPSA) is 54.4 Å². The summed E-state index contributed by atoms with van der Waals surface area (Å²) in [4.78, 5) is 22.3. The van der Waals surface area contributed by atoms with Crippen molar-refractivity contribution in [2.24, 2.45) is 0 Å². The SMILES string of the molecule is Cc1cc(Cl)c(Cl)cc1C(=O)CC(Cl)C(=O)O. The third kappa shape index (κ3) is 3.60. The first kappa shape index (κ1) is 14.3. The molecule has 0 aliphatic heterocycles. The predicted molar refractivity (Wildman–Crippen MR) is 67.4 cm³/mol. The van der Waals surface area contributed by atoms with Crippen LogP contribution in [0.25, 0.3) is 0 Å². The molecule has 0 aliphatic carbocycles. The number of halogens is 3. The van der Waals surface area contributed by atoms with E-state index in [0.29, 0.717) is 16.1 Å². The van der Waals surface area contributed by atoms with Crippen molar-refractivity contribution in [2.45, 2.75) is 18.7 Å². The predicted octanol–water partition coefficient (Wildman–Crippen LogP) is 3.57. The Morgan fingerprint density at radius 2 is 1.82 bits per heavy atom. The molecule has 0 aromatic heterocycles. The van der Waals surface area contributed by atoms with Crippen LogP contribution < -0.4 is 0 Å². The molecule has 1 aromatic carbocycles. The first-order valence-electron chi connectivity index (χ1n) is 4.68. The van der Waals surface area contributed by atoms with Gasteiger partial charge in [-0.05, 0) is 24.6 Å². The Bertz CT molecular complexity index is 471. The van der Waals surface area contributed by atoms with Crippen LogP contribution >= 0.6 is 34.8 Å². The van der Waals surface area contributed by atoms with Gasteiger partial charge in [0.15, 0.2) is 5.78 Å². The molecule has 92 valence electrons. The Balaban J connectivity index is 2.97. The summed E-state index contributed by atoms with van der Waals surface area (Å²) in [7, 11) is 0. The fraction of sp³-hybridized carbons (Fsp3) is 0.273.